The maximum Gasteiger partial charge on any atom is 0.254 e. The molecule has 0 aliphatic carbocycles. The van der Waals surface area contributed by atoms with Crippen LogP contribution in [0.25, 0.3) is 10.6 Å². The molecule has 2 amide bonds. The van der Waals surface area contributed by atoms with E-state index in [1.54, 1.807) is 4.90 Å². The number of aromatic nitrogens is 2. The standard InChI is InChI=1S/C26H32N4O2S/c1-4-6-10-20-13-15-22(16-14-20)25(32)30(19(3)5-2)18-17-23(31)27-26-29-28-24(33-26)21-11-8-7-9-12-21/h7-9,11-16,19H,4-6,10,17-18H2,1-3H3,(H,27,29,31). The van der Waals surface area contributed by atoms with Crippen molar-refractivity contribution < 1.29 is 9.59 Å². The van der Waals surface area contributed by atoms with Gasteiger partial charge in [-0.1, -0.05) is 74.1 Å². The number of amides is 2. The van der Waals surface area contributed by atoms with Crippen LogP contribution < -0.4 is 5.32 Å². The van der Waals surface area contributed by atoms with Crippen molar-refractivity contribution in [3.8, 4) is 10.6 Å². The maximum atomic E-state index is 13.2. The second-order valence-corrected chi connectivity index (χ2v) is 9.11. The second kappa shape index (κ2) is 12.3. The summed E-state index contributed by atoms with van der Waals surface area (Å²) in [7, 11) is 0. The molecule has 3 rings (SSSR count). The van der Waals surface area contributed by atoms with Gasteiger partial charge in [-0.15, -0.1) is 10.2 Å². The van der Waals surface area contributed by atoms with Crippen molar-refractivity contribution in [3.05, 3.63) is 65.7 Å². The molecule has 2 aromatic carbocycles. The van der Waals surface area contributed by atoms with E-state index in [0.29, 0.717) is 17.2 Å². The first-order valence-corrected chi connectivity index (χ1v) is 12.4. The molecule has 1 atom stereocenters. The molecule has 1 N–H and O–H groups in total. The first-order valence-electron chi connectivity index (χ1n) is 11.6. The number of anilines is 1. The zero-order chi connectivity index (χ0) is 23.6. The summed E-state index contributed by atoms with van der Waals surface area (Å²) in [4.78, 5) is 27.5. The van der Waals surface area contributed by atoms with Gasteiger partial charge in [0.2, 0.25) is 11.0 Å². The summed E-state index contributed by atoms with van der Waals surface area (Å²) in [6.45, 7) is 6.58. The number of nitrogens with one attached hydrogen (secondary N) is 1. The first-order chi connectivity index (χ1) is 16.0. The molecule has 0 aliphatic heterocycles. The summed E-state index contributed by atoms with van der Waals surface area (Å²) in [5.74, 6) is -0.219. The van der Waals surface area contributed by atoms with Crippen LogP contribution in [-0.4, -0.2) is 39.5 Å². The number of carbonyl (C=O) groups is 2. The fourth-order valence-corrected chi connectivity index (χ4v) is 4.24. The lowest BCUT2D eigenvalue weighted by Gasteiger charge is -2.28. The highest BCUT2D eigenvalue weighted by atomic mass is 32.1. The van der Waals surface area contributed by atoms with Crippen molar-refractivity contribution in [3.63, 3.8) is 0 Å². The van der Waals surface area contributed by atoms with Gasteiger partial charge < -0.3 is 10.2 Å². The number of carbonyl (C=O) groups excluding carboxylic acids is 2. The van der Waals surface area contributed by atoms with Crippen molar-refractivity contribution in [1.82, 2.24) is 15.1 Å². The normalized spacial score (nSPS) is 11.7. The highest BCUT2D eigenvalue weighted by molar-refractivity contribution is 7.18. The summed E-state index contributed by atoms with van der Waals surface area (Å²) in [6, 6.07) is 17.6. The number of nitrogens with zero attached hydrogens (tertiary/aromatic N) is 3. The summed E-state index contributed by atoms with van der Waals surface area (Å²) in [5.41, 5.74) is 2.87. The Kier molecular flexibility index (Phi) is 9.13. The van der Waals surface area contributed by atoms with Crippen LogP contribution >= 0.6 is 11.3 Å². The third kappa shape index (κ3) is 6.96. The van der Waals surface area contributed by atoms with Gasteiger partial charge in [0.05, 0.1) is 0 Å². The van der Waals surface area contributed by atoms with Crippen molar-refractivity contribution in [2.24, 2.45) is 0 Å². The van der Waals surface area contributed by atoms with E-state index >= 15 is 0 Å². The van der Waals surface area contributed by atoms with Gasteiger partial charge in [-0.05, 0) is 43.9 Å². The zero-order valence-corrected chi connectivity index (χ0v) is 20.4. The van der Waals surface area contributed by atoms with Crippen LogP contribution in [0.15, 0.2) is 54.6 Å². The Labute approximate surface area is 200 Å². The predicted octanol–water partition coefficient (Wildman–Crippen LogP) is 5.82. The molecular weight excluding hydrogens is 432 g/mol. The summed E-state index contributed by atoms with van der Waals surface area (Å²) in [6.07, 6.45) is 4.33. The molecule has 0 saturated heterocycles. The SMILES string of the molecule is CCCCc1ccc(C(=O)N(CCC(=O)Nc2nnc(-c3ccccc3)s2)C(C)CC)cc1. The van der Waals surface area contributed by atoms with E-state index in [9.17, 15) is 9.59 Å². The van der Waals surface area contributed by atoms with Crippen LogP contribution in [0.1, 0.15) is 62.4 Å². The number of unbranched alkanes of at least 4 members (excludes halogenated alkanes) is 1. The molecule has 174 valence electrons. The van der Waals surface area contributed by atoms with Gasteiger partial charge >= 0.3 is 0 Å². The average Bonchev–Trinajstić information content (AvgIpc) is 3.31. The van der Waals surface area contributed by atoms with Gasteiger partial charge in [0.15, 0.2) is 0 Å². The van der Waals surface area contributed by atoms with Crippen LogP contribution in [0.3, 0.4) is 0 Å². The molecular formula is C26H32N4O2S. The Morgan fingerprint density at radius 3 is 2.42 bits per heavy atom. The lowest BCUT2D eigenvalue weighted by atomic mass is 10.0. The fraction of sp³-hybridized carbons (Fsp3) is 0.385. The quantitative estimate of drug-likeness (QED) is 0.388. The molecule has 1 heterocycles. The number of hydrogen-bond acceptors (Lipinski definition) is 5. The lowest BCUT2D eigenvalue weighted by molar-refractivity contribution is -0.116. The summed E-state index contributed by atoms with van der Waals surface area (Å²) in [5, 5.41) is 12.3. The average molecular weight is 465 g/mol. The summed E-state index contributed by atoms with van der Waals surface area (Å²) < 4.78 is 0. The largest absolute Gasteiger partial charge is 0.335 e. The summed E-state index contributed by atoms with van der Waals surface area (Å²) >= 11 is 1.33. The fourth-order valence-electron chi connectivity index (χ4n) is 3.48. The second-order valence-electron chi connectivity index (χ2n) is 8.13. The smallest absolute Gasteiger partial charge is 0.254 e. The van der Waals surface area contributed by atoms with Gasteiger partial charge in [-0.3, -0.25) is 9.59 Å². The monoisotopic (exact) mass is 464 g/mol. The van der Waals surface area contributed by atoms with E-state index in [-0.39, 0.29) is 24.3 Å². The van der Waals surface area contributed by atoms with Crippen molar-refractivity contribution in [2.45, 2.75) is 58.9 Å². The third-order valence-electron chi connectivity index (χ3n) is 5.68. The molecule has 6 nitrogen and oxygen atoms in total. The van der Waals surface area contributed by atoms with E-state index in [1.807, 2.05) is 68.4 Å². The van der Waals surface area contributed by atoms with Gasteiger partial charge in [0, 0.05) is 30.1 Å². The van der Waals surface area contributed by atoms with E-state index in [1.165, 1.54) is 16.9 Å². The molecule has 0 radical (unpaired) electrons. The molecule has 0 aliphatic rings. The van der Waals surface area contributed by atoms with Crippen molar-refractivity contribution >= 4 is 28.3 Å². The number of hydrogen-bond donors (Lipinski definition) is 1. The van der Waals surface area contributed by atoms with Crippen LogP contribution in [0.5, 0.6) is 0 Å². The van der Waals surface area contributed by atoms with Gasteiger partial charge in [-0.2, -0.15) is 0 Å². The Morgan fingerprint density at radius 2 is 1.76 bits per heavy atom. The van der Waals surface area contributed by atoms with Crippen LogP contribution in [0.4, 0.5) is 5.13 Å². The Balaban J connectivity index is 1.59. The van der Waals surface area contributed by atoms with Gasteiger partial charge in [0.1, 0.15) is 5.01 Å². The third-order valence-corrected chi connectivity index (χ3v) is 6.56. The Morgan fingerprint density at radius 1 is 1.03 bits per heavy atom. The first kappa shape index (κ1) is 24.6. The lowest BCUT2D eigenvalue weighted by Crippen LogP contribution is -2.40. The molecule has 3 aromatic rings. The number of aryl methyl sites for hydroxylation is 1. The van der Waals surface area contributed by atoms with Crippen LogP contribution in [0.2, 0.25) is 0 Å². The van der Waals surface area contributed by atoms with Crippen LogP contribution in [-0.2, 0) is 11.2 Å². The maximum absolute atomic E-state index is 13.2. The van der Waals surface area contributed by atoms with Crippen molar-refractivity contribution in [1.29, 1.82) is 0 Å². The van der Waals surface area contributed by atoms with Crippen LogP contribution in [0, 0.1) is 0 Å². The molecule has 1 unspecified atom stereocenters. The Hall–Kier alpha value is -3.06. The minimum atomic E-state index is -0.179. The molecule has 7 heteroatoms. The van der Waals surface area contributed by atoms with E-state index in [0.717, 1.165) is 36.3 Å². The minimum absolute atomic E-state index is 0.0382. The minimum Gasteiger partial charge on any atom is -0.335 e. The van der Waals surface area contributed by atoms with Gasteiger partial charge in [-0.25, -0.2) is 0 Å². The molecule has 33 heavy (non-hydrogen) atoms. The van der Waals surface area contributed by atoms with Crippen molar-refractivity contribution in [2.75, 3.05) is 11.9 Å². The van der Waals surface area contributed by atoms with Gasteiger partial charge in [0.25, 0.3) is 5.91 Å². The zero-order valence-electron chi connectivity index (χ0n) is 19.6. The number of rotatable bonds is 11. The van der Waals surface area contributed by atoms with E-state index < -0.39 is 0 Å². The predicted molar refractivity (Wildman–Crippen MR) is 134 cm³/mol. The highest BCUT2D eigenvalue weighted by Crippen LogP contribution is 2.26. The highest BCUT2D eigenvalue weighted by Gasteiger charge is 2.21. The Bertz CT molecular complexity index is 1030. The topological polar surface area (TPSA) is 75.2 Å². The van der Waals surface area contributed by atoms with E-state index in [2.05, 4.69) is 22.4 Å². The molecule has 1 aromatic heterocycles. The molecule has 0 bridgehead atoms. The van der Waals surface area contributed by atoms with E-state index in [4.69, 9.17) is 0 Å². The molecule has 0 spiro atoms. The molecule has 0 fully saturated rings. The number of benzene rings is 2. The molecule has 0 saturated carbocycles.